The third kappa shape index (κ3) is 11.7. The average molecular weight is 268 g/mol. The SMILES string of the molecule is O=C(O)CCC(=O)O.[Sm]. The molecule has 0 heterocycles. The minimum atomic E-state index is -1.08. The number of aliphatic carboxylic acids is 2. The van der Waals surface area contributed by atoms with Crippen molar-refractivity contribution in [2.45, 2.75) is 12.8 Å². The molecule has 4 nitrogen and oxygen atoms in total. The Bertz CT molecular complexity index is 97.1. The minimum Gasteiger partial charge on any atom is -0.481 e. The van der Waals surface area contributed by atoms with Crippen molar-refractivity contribution in [2.24, 2.45) is 0 Å². The molecule has 0 aromatic carbocycles. The van der Waals surface area contributed by atoms with E-state index in [1.54, 1.807) is 0 Å². The fourth-order valence-electron chi connectivity index (χ4n) is 0.214. The first-order chi connectivity index (χ1) is 3.63. The Morgan fingerprint density at radius 1 is 1.00 bits per heavy atom. The Balaban J connectivity index is 0. The maximum Gasteiger partial charge on any atom is 0.303 e. The average Bonchev–Trinajstić information content (AvgIpc) is 1.61. The van der Waals surface area contributed by atoms with Crippen molar-refractivity contribution in [3.8, 4) is 0 Å². The van der Waals surface area contributed by atoms with E-state index in [0.29, 0.717) is 0 Å². The largest absolute Gasteiger partial charge is 0.481 e. The molecule has 0 radical (unpaired) electrons. The monoisotopic (exact) mass is 270 g/mol. The molecule has 9 heavy (non-hydrogen) atoms. The van der Waals surface area contributed by atoms with Gasteiger partial charge in [-0.1, -0.05) is 0 Å². The van der Waals surface area contributed by atoms with Gasteiger partial charge in [-0.2, -0.15) is 0 Å². The molecule has 0 atom stereocenters. The molecular formula is C4H6O4Sm. The molecule has 0 aliphatic carbocycles. The summed E-state index contributed by atoms with van der Waals surface area (Å²) in [6.45, 7) is 0. The Morgan fingerprint density at radius 2 is 1.22 bits per heavy atom. The van der Waals surface area contributed by atoms with Crippen LogP contribution in [0.1, 0.15) is 12.8 Å². The molecule has 5 heteroatoms. The molecule has 0 aromatic rings. The van der Waals surface area contributed by atoms with Gasteiger partial charge in [0.15, 0.2) is 0 Å². The van der Waals surface area contributed by atoms with Crippen LogP contribution in [0.25, 0.3) is 0 Å². The predicted octanol–water partition coefficient (Wildman–Crippen LogP) is -0.0642. The first-order valence-corrected chi connectivity index (χ1v) is 2.06. The Morgan fingerprint density at radius 3 is 1.33 bits per heavy atom. The number of carboxylic acids is 2. The summed E-state index contributed by atoms with van der Waals surface area (Å²) in [6.07, 6.45) is -0.593. The molecule has 0 unspecified atom stereocenters. The van der Waals surface area contributed by atoms with Gasteiger partial charge in [0.25, 0.3) is 0 Å². The van der Waals surface area contributed by atoms with E-state index < -0.39 is 11.9 Å². The van der Waals surface area contributed by atoms with Crippen LogP contribution >= 0.6 is 0 Å². The van der Waals surface area contributed by atoms with Crippen LogP contribution in [0.3, 0.4) is 0 Å². The fourth-order valence-corrected chi connectivity index (χ4v) is 0.214. The van der Waals surface area contributed by atoms with Crippen molar-refractivity contribution in [1.29, 1.82) is 0 Å². The van der Waals surface area contributed by atoms with Gasteiger partial charge in [-0.25, -0.2) is 0 Å². The summed E-state index contributed by atoms with van der Waals surface area (Å²) in [5.74, 6) is -2.15. The summed E-state index contributed by atoms with van der Waals surface area (Å²) in [5.41, 5.74) is 0. The van der Waals surface area contributed by atoms with E-state index in [0.717, 1.165) is 0 Å². The maximum absolute atomic E-state index is 9.64. The van der Waals surface area contributed by atoms with Gasteiger partial charge in [0.1, 0.15) is 0 Å². The van der Waals surface area contributed by atoms with Crippen LogP contribution in [0, 0.1) is 40.4 Å². The second-order valence-corrected chi connectivity index (χ2v) is 1.29. The molecule has 0 spiro atoms. The van der Waals surface area contributed by atoms with Crippen molar-refractivity contribution in [1.82, 2.24) is 0 Å². The predicted molar refractivity (Wildman–Crippen MR) is 24.5 cm³/mol. The molecule has 0 amide bonds. The summed E-state index contributed by atoms with van der Waals surface area (Å²) >= 11 is 0. The molecule has 0 fully saturated rings. The second kappa shape index (κ2) is 6.40. The van der Waals surface area contributed by atoms with Crippen LogP contribution in [0.15, 0.2) is 0 Å². The van der Waals surface area contributed by atoms with Gasteiger partial charge in [-0.15, -0.1) is 0 Å². The van der Waals surface area contributed by atoms with E-state index in [1.807, 2.05) is 0 Å². The Kier molecular flexibility index (Phi) is 8.53. The van der Waals surface area contributed by atoms with Crippen LogP contribution in [0.2, 0.25) is 0 Å². The number of carboxylic acid groups (broad SMARTS) is 2. The van der Waals surface area contributed by atoms with Crippen LogP contribution in [-0.4, -0.2) is 22.2 Å². The van der Waals surface area contributed by atoms with Gasteiger partial charge in [0.2, 0.25) is 0 Å². The van der Waals surface area contributed by atoms with Gasteiger partial charge < -0.3 is 10.2 Å². The van der Waals surface area contributed by atoms with E-state index in [2.05, 4.69) is 0 Å². The molecule has 0 aliphatic heterocycles. The summed E-state index contributed by atoms with van der Waals surface area (Å²) in [4.78, 5) is 19.3. The van der Waals surface area contributed by atoms with Gasteiger partial charge in [-0.3, -0.25) is 9.59 Å². The zero-order valence-corrected chi connectivity index (χ0v) is 7.15. The van der Waals surface area contributed by atoms with Gasteiger partial charge in [0.05, 0.1) is 12.8 Å². The maximum atomic E-state index is 9.64. The molecule has 52 valence electrons. The van der Waals surface area contributed by atoms with Crippen LogP contribution in [0.5, 0.6) is 0 Å². The van der Waals surface area contributed by atoms with Crippen molar-refractivity contribution >= 4 is 11.9 Å². The summed E-state index contributed by atoms with van der Waals surface area (Å²) in [5, 5.41) is 15.8. The third-order valence-corrected chi connectivity index (χ3v) is 0.553. The molecule has 0 saturated heterocycles. The van der Waals surface area contributed by atoms with Crippen LogP contribution in [-0.2, 0) is 9.59 Å². The zero-order chi connectivity index (χ0) is 6.57. The minimum absolute atomic E-state index is 0. The molecule has 0 aliphatic rings. The quantitative estimate of drug-likeness (QED) is 0.752. The van der Waals surface area contributed by atoms with Crippen molar-refractivity contribution < 1.29 is 60.2 Å². The van der Waals surface area contributed by atoms with E-state index in [1.165, 1.54) is 0 Å². The molecule has 2 N–H and O–H groups in total. The first-order valence-electron chi connectivity index (χ1n) is 2.06. The van der Waals surface area contributed by atoms with Gasteiger partial charge in [-0.05, 0) is 0 Å². The topological polar surface area (TPSA) is 74.6 Å². The van der Waals surface area contributed by atoms with Crippen LogP contribution < -0.4 is 0 Å². The van der Waals surface area contributed by atoms with Crippen molar-refractivity contribution in [3.05, 3.63) is 0 Å². The van der Waals surface area contributed by atoms with E-state index in [4.69, 9.17) is 10.2 Å². The van der Waals surface area contributed by atoms with E-state index in [-0.39, 0.29) is 53.2 Å². The standard InChI is InChI=1S/C4H6O4.Sm/c5-3(6)1-2-4(7)8;/h1-2H2,(H,5,6)(H,7,8);. The molecular weight excluding hydrogens is 262 g/mol. The number of hydrogen-bond donors (Lipinski definition) is 2. The number of rotatable bonds is 3. The number of carbonyl (C=O) groups is 2. The summed E-state index contributed by atoms with van der Waals surface area (Å²) in [6, 6.07) is 0. The Labute approximate surface area is 84.4 Å². The van der Waals surface area contributed by atoms with Crippen molar-refractivity contribution in [2.75, 3.05) is 0 Å². The zero-order valence-electron chi connectivity index (χ0n) is 4.53. The molecule has 0 saturated carbocycles. The van der Waals surface area contributed by atoms with Crippen molar-refractivity contribution in [3.63, 3.8) is 0 Å². The summed E-state index contributed by atoms with van der Waals surface area (Å²) in [7, 11) is 0. The molecule has 0 rings (SSSR count). The van der Waals surface area contributed by atoms with Gasteiger partial charge in [0, 0.05) is 40.4 Å². The summed E-state index contributed by atoms with van der Waals surface area (Å²) < 4.78 is 0. The van der Waals surface area contributed by atoms with Gasteiger partial charge >= 0.3 is 11.9 Å². The Hall–Kier alpha value is 0.278. The molecule has 0 aromatic heterocycles. The normalized spacial score (nSPS) is 7.56. The fraction of sp³-hybridized carbons (Fsp3) is 0.500. The second-order valence-electron chi connectivity index (χ2n) is 1.29. The molecule has 0 bridgehead atoms. The van der Waals surface area contributed by atoms with E-state index >= 15 is 0 Å². The number of hydrogen-bond acceptors (Lipinski definition) is 2. The van der Waals surface area contributed by atoms with E-state index in [9.17, 15) is 9.59 Å². The smallest absolute Gasteiger partial charge is 0.303 e. The third-order valence-electron chi connectivity index (χ3n) is 0.553. The van der Waals surface area contributed by atoms with Crippen LogP contribution in [0.4, 0.5) is 0 Å². The first kappa shape index (κ1) is 12.0.